The Hall–Kier alpha value is -0.330. The van der Waals surface area contributed by atoms with Gasteiger partial charge in [0.1, 0.15) is 5.78 Å². The zero-order chi connectivity index (χ0) is 7.84. The Bertz CT molecular complexity index is 170. The Kier molecular flexibility index (Phi) is 1.74. The minimum Gasteiger partial charge on any atom is -0.299 e. The molecule has 0 radical (unpaired) electrons. The minimum absolute atomic E-state index is 0.389. The van der Waals surface area contributed by atoms with Crippen molar-refractivity contribution in [3.8, 4) is 0 Å². The van der Waals surface area contributed by atoms with Gasteiger partial charge in [0.25, 0.3) is 0 Å². The lowest BCUT2D eigenvalue weighted by Gasteiger charge is -2.33. The maximum Gasteiger partial charge on any atom is 0.135 e. The van der Waals surface area contributed by atoms with Crippen LogP contribution in [-0.4, -0.2) is 5.78 Å². The number of ketones is 1. The first-order chi connectivity index (χ1) is 5.29. The summed E-state index contributed by atoms with van der Waals surface area (Å²) in [4.78, 5) is 11.2. The van der Waals surface area contributed by atoms with Crippen LogP contribution in [-0.2, 0) is 4.79 Å². The van der Waals surface area contributed by atoms with Gasteiger partial charge >= 0.3 is 0 Å². The molecule has 1 nitrogen and oxygen atoms in total. The highest BCUT2D eigenvalue weighted by molar-refractivity contribution is 5.83. The predicted molar refractivity (Wildman–Crippen MR) is 44.2 cm³/mol. The first kappa shape index (κ1) is 7.33. The number of carbonyl (C=O) groups excluding carboxylic acids is 1. The van der Waals surface area contributed by atoms with E-state index >= 15 is 0 Å². The Balaban J connectivity index is 1.98. The Morgan fingerprint density at radius 3 is 2.36 bits per heavy atom. The fourth-order valence-corrected chi connectivity index (χ4v) is 2.54. The van der Waals surface area contributed by atoms with Gasteiger partial charge in [0, 0.05) is 12.3 Å². The van der Waals surface area contributed by atoms with E-state index in [1.807, 2.05) is 0 Å². The molecule has 0 aliphatic heterocycles. The fourth-order valence-electron chi connectivity index (χ4n) is 2.54. The number of hydrogen-bond donors (Lipinski definition) is 0. The minimum atomic E-state index is 0.389. The molecule has 2 atom stereocenters. The molecule has 0 aromatic heterocycles. The van der Waals surface area contributed by atoms with Crippen LogP contribution in [0.5, 0.6) is 0 Å². The molecule has 2 saturated carbocycles. The average Bonchev–Trinajstić information content (AvgIpc) is 2.15. The van der Waals surface area contributed by atoms with Gasteiger partial charge in [-0.05, 0) is 18.3 Å². The highest BCUT2D eigenvalue weighted by Gasteiger charge is 2.38. The number of Topliss-reactive ketones (excluding diaryl/α,β-unsaturated/α-hetero) is 1. The lowest BCUT2D eigenvalue weighted by molar-refractivity contribution is -0.121. The van der Waals surface area contributed by atoms with Crippen LogP contribution >= 0.6 is 0 Å². The second kappa shape index (κ2) is 2.62. The van der Waals surface area contributed by atoms with Crippen molar-refractivity contribution < 1.29 is 4.79 Å². The molecule has 0 heterocycles. The van der Waals surface area contributed by atoms with E-state index in [9.17, 15) is 4.79 Å². The highest BCUT2D eigenvalue weighted by atomic mass is 16.1. The average molecular weight is 152 g/mol. The molecule has 0 N–H and O–H groups in total. The van der Waals surface area contributed by atoms with Gasteiger partial charge in [-0.1, -0.05) is 26.2 Å². The first-order valence-electron chi connectivity index (χ1n) is 4.82. The monoisotopic (exact) mass is 152 g/mol. The van der Waals surface area contributed by atoms with E-state index in [1.165, 1.54) is 25.7 Å². The molecule has 0 aromatic carbocycles. The molecule has 2 rings (SSSR count). The molecule has 11 heavy (non-hydrogen) atoms. The number of hydrogen-bond acceptors (Lipinski definition) is 1. The van der Waals surface area contributed by atoms with Crippen LogP contribution in [0.4, 0.5) is 0 Å². The van der Waals surface area contributed by atoms with Gasteiger partial charge in [0.2, 0.25) is 0 Å². The van der Waals surface area contributed by atoms with E-state index in [0.29, 0.717) is 11.7 Å². The quantitative estimate of drug-likeness (QED) is 0.564. The molecule has 2 fully saturated rings. The van der Waals surface area contributed by atoms with Crippen LogP contribution in [0.1, 0.15) is 39.0 Å². The second-order valence-electron chi connectivity index (χ2n) is 4.15. The molecule has 62 valence electrons. The third kappa shape index (κ3) is 1.11. The normalized spacial score (nSPS) is 39.2. The van der Waals surface area contributed by atoms with Gasteiger partial charge < -0.3 is 0 Å². The maximum atomic E-state index is 11.2. The van der Waals surface area contributed by atoms with Crippen LogP contribution in [0, 0.1) is 17.8 Å². The standard InChI is InChI=1S/C10H16O/c1-7-9(5-6-10(7)11)8-3-2-4-8/h7-9H,2-6H2,1H3. The molecule has 2 aliphatic carbocycles. The SMILES string of the molecule is CC1C(=O)CCC1C1CCC1. The lowest BCUT2D eigenvalue weighted by atomic mass is 9.72. The van der Waals surface area contributed by atoms with Gasteiger partial charge in [0.05, 0.1) is 0 Å². The lowest BCUT2D eigenvalue weighted by Crippen LogP contribution is -2.25. The topological polar surface area (TPSA) is 17.1 Å². The maximum absolute atomic E-state index is 11.2. The molecule has 2 unspecified atom stereocenters. The zero-order valence-corrected chi connectivity index (χ0v) is 7.18. The summed E-state index contributed by atoms with van der Waals surface area (Å²) in [7, 11) is 0. The van der Waals surface area contributed by atoms with Crippen LogP contribution in [0.3, 0.4) is 0 Å². The van der Waals surface area contributed by atoms with Crippen molar-refractivity contribution in [3.63, 3.8) is 0 Å². The van der Waals surface area contributed by atoms with Crippen LogP contribution in [0.25, 0.3) is 0 Å². The molecule has 1 heteroatoms. The van der Waals surface area contributed by atoms with E-state index in [-0.39, 0.29) is 0 Å². The third-order valence-electron chi connectivity index (χ3n) is 3.63. The Morgan fingerprint density at radius 2 is 2.00 bits per heavy atom. The Labute approximate surface area is 68.2 Å². The van der Waals surface area contributed by atoms with Gasteiger partial charge in [-0.15, -0.1) is 0 Å². The molecule has 0 saturated heterocycles. The van der Waals surface area contributed by atoms with E-state index in [2.05, 4.69) is 6.92 Å². The smallest absolute Gasteiger partial charge is 0.135 e. The molecule has 0 spiro atoms. The largest absolute Gasteiger partial charge is 0.299 e. The van der Waals surface area contributed by atoms with Crippen LogP contribution < -0.4 is 0 Å². The Morgan fingerprint density at radius 1 is 1.27 bits per heavy atom. The molecule has 0 bridgehead atoms. The van der Waals surface area contributed by atoms with Crippen LogP contribution in [0.15, 0.2) is 0 Å². The van der Waals surface area contributed by atoms with Gasteiger partial charge in [0.15, 0.2) is 0 Å². The predicted octanol–water partition coefficient (Wildman–Crippen LogP) is 2.40. The summed E-state index contributed by atoms with van der Waals surface area (Å²) in [6.07, 6.45) is 6.24. The first-order valence-corrected chi connectivity index (χ1v) is 4.82. The van der Waals surface area contributed by atoms with E-state index < -0.39 is 0 Å². The third-order valence-corrected chi connectivity index (χ3v) is 3.63. The molecular weight excluding hydrogens is 136 g/mol. The number of rotatable bonds is 1. The van der Waals surface area contributed by atoms with Crippen molar-refractivity contribution in [3.05, 3.63) is 0 Å². The summed E-state index contributed by atoms with van der Waals surface area (Å²) >= 11 is 0. The highest BCUT2D eigenvalue weighted by Crippen LogP contribution is 2.43. The fraction of sp³-hybridized carbons (Fsp3) is 0.900. The second-order valence-corrected chi connectivity index (χ2v) is 4.15. The summed E-state index contributed by atoms with van der Waals surface area (Å²) in [6.45, 7) is 2.12. The molecule has 0 aromatic rings. The van der Waals surface area contributed by atoms with E-state index in [0.717, 1.165) is 18.3 Å². The van der Waals surface area contributed by atoms with Gasteiger partial charge in [-0.2, -0.15) is 0 Å². The molecule has 2 aliphatic rings. The van der Waals surface area contributed by atoms with Gasteiger partial charge in [-0.25, -0.2) is 0 Å². The van der Waals surface area contributed by atoms with Crippen molar-refractivity contribution in [1.29, 1.82) is 0 Å². The van der Waals surface area contributed by atoms with Crippen molar-refractivity contribution in [1.82, 2.24) is 0 Å². The number of carbonyl (C=O) groups is 1. The van der Waals surface area contributed by atoms with Crippen molar-refractivity contribution in [2.75, 3.05) is 0 Å². The van der Waals surface area contributed by atoms with Crippen LogP contribution in [0.2, 0.25) is 0 Å². The molecular formula is C10H16O. The van der Waals surface area contributed by atoms with E-state index in [1.54, 1.807) is 0 Å². The van der Waals surface area contributed by atoms with Gasteiger partial charge in [-0.3, -0.25) is 4.79 Å². The summed E-state index contributed by atoms with van der Waals surface area (Å²) < 4.78 is 0. The molecule has 0 amide bonds. The zero-order valence-electron chi connectivity index (χ0n) is 7.18. The summed E-state index contributed by atoms with van der Waals surface area (Å²) in [6, 6.07) is 0. The van der Waals surface area contributed by atoms with E-state index in [4.69, 9.17) is 0 Å². The summed E-state index contributed by atoms with van der Waals surface area (Å²) in [5.41, 5.74) is 0. The van der Waals surface area contributed by atoms with Crippen molar-refractivity contribution >= 4 is 5.78 Å². The summed E-state index contributed by atoms with van der Waals surface area (Å²) in [5, 5.41) is 0. The van der Waals surface area contributed by atoms with Crippen molar-refractivity contribution in [2.45, 2.75) is 39.0 Å². The van der Waals surface area contributed by atoms with Crippen molar-refractivity contribution in [2.24, 2.45) is 17.8 Å². The summed E-state index contributed by atoms with van der Waals surface area (Å²) in [5.74, 6) is 2.58.